The van der Waals surface area contributed by atoms with Crippen LogP contribution in [0.4, 0.5) is 11.4 Å². The Morgan fingerprint density at radius 1 is 0.453 bits per heavy atom. The Morgan fingerprint density at radius 2 is 0.969 bits per heavy atom. The monoisotopic (exact) mass is 817 g/mol. The predicted octanol–water partition coefficient (Wildman–Crippen LogP) is 15.4. The van der Waals surface area contributed by atoms with Gasteiger partial charge in [0.2, 0.25) is 0 Å². The van der Waals surface area contributed by atoms with Crippen LogP contribution in [0.15, 0.2) is 242 Å². The van der Waals surface area contributed by atoms with Gasteiger partial charge in [-0.15, -0.1) is 0 Å². The van der Waals surface area contributed by atoms with Crippen LogP contribution in [-0.4, -0.2) is 6.04 Å². The number of hydrogen-bond donors (Lipinski definition) is 0. The zero-order valence-electron chi connectivity index (χ0n) is 36.0. The van der Waals surface area contributed by atoms with Crippen LogP contribution in [0.5, 0.6) is 0 Å². The molecule has 5 aliphatic rings. The molecule has 1 heteroatoms. The molecule has 8 aromatic carbocycles. The molecule has 0 amide bonds. The van der Waals surface area contributed by atoms with Crippen molar-refractivity contribution in [1.29, 1.82) is 0 Å². The smallest absolute Gasteiger partial charge is 0.0685 e. The van der Waals surface area contributed by atoms with Crippen LogP contribution < -0.4 is 4.90 Å². The molecule has 13 rings (SSSR count). The van der Waals surface area contributed by atoms with Gasteiger partial charge in [-0.05, 0) is 132 Å². The maximum absolute atomic E-state index is 2.57. The summed E-state index contributed by atoms with van der Waals surface area (Å²) in [5.74, 6) is 0.395. The first-order chi connectivity index (χ1) is 31.7. The third kappa shape index (κ3) is 5.07. The van der Waals surface area contributed by atoms with Gasteiger partial charge in [0, 0.05) is 11.4 Å². The lowest BCUT2D eigenvalue weighted by Crippen LogP contribution is -2.46. The maximum Gasteiger partial charge on any atom is 0.0685 e. The van der Waals surface area contributed by atoms with E-state index in [-0.39, 0.29) is 6.04 Å². The molecule has 0 radical (unpaired) electrons. The molecule has 0 heterocycles. The van der Waals surface area contributed by atoms with Gasteiger partial charge < -0.3 is 4.90 Å². The van der Waals surface area contributed by atoms with Crippen molar-refractivity contribution >= 4 is 16.9 Å². The Bertz CT molecular complexity index is 3270. The minimum absolute atomic E-state index is 0.0716. The number of anilines is 2. The summed E-state index contributed by atoms with van der Waals surface area (Å²) in [5.41, 5.74) is 23.4. The third-order valence-corrected chi connectivity index (χ3v) is 15.2. The van der Waals surface area contributed by atoms with Gasteiger partial charge >= 0.3 is 0 Å². The van der Waals surface area contributed by atoms with Crippen molar-refractivity contribution < 1.29 is 0 Å². The van der Waals surface area contributed by atoms with Gasteiger partial charge in [0.15, 0.2) is 0 Å². The van der Waals surface area contributed by atoms with Crippen molar-refractivity contribution in [2.75, 3.05) is 4.90 Å². The molecule has 0 bridgehead atoms. The standard InChI is InChI=1S/C63H47N/c1-42-17-8-11-25-54(42)63-56-27-13-10-23-51(56)53-24-16-30-59(61(53)63)62(57-28-14-15-29-58(57)63)55-26-12-9-22-50(55)52-40-39-49(41-60(52)62)64(47-20-6-3-7-21-47)48-37-35-46(36-38-48)45-33-31-44(32-34-45)43-18-4-2-5-19-43/h2-16,18-40,42,49H,17,41H2,1H3. The van der Waals surface area contributed by atoms with Gasteiger partial charge in [-0.25, -0.2) is 0 Å². The molecule has 4 unspecified atom stereocenters. The lowest BCUT2D eigenvalue weighted by Gasteiger charge is -2.51. The van der Waals surface area contributed by atoms with E-state index in [2.05, 4.69) is 242 Å². The van der Waals surface area contributed by atoms with Crippen molar-refractivity contribution in [3.05, 3.63) is 281 Å². The Labute approximate surface area is 376 Å². The summed E-state index contributed by atoms with van der Waals surface area (Å²) in [6.07, 6.45) is 14.0. The highest BCUT2D eigenvalue weighted by molar-refractivity contribution is 5.97. The number of nitrogens with zero attached hydrogens (tertiary/aromatic N) is 1. The summed E-state index contributed by atoms with van der Waals surface area (Å²) in [6.45, 7) is 2.44. The van der Waals surface area contributed by atoms with Gasteiger partial charge in [0.1, 0.15) is 0 Å². The average molecular weight is 818 g/mol. The minimum Gasteiger partial charge on any atom is -0.334 e. The molecule has 304 valence electrons. The number of rotatable bonds is 6. The van der Waals surface area contributed by atoms with Crippen molar-refractivity contribution in [3.63, 3.8) is 0 Å². The van der Waals surface area contributed by atoms with Crippen LogP contribution in [0.3, 0.4) is 0 Å². The summed E-state index contributed by atoms with van der Waals surface area (Å²) in [6, 6.07) is 75.3. The van der Waals surface area contributed by atoms with Crippen LogP contribution in [-0.2, 0) is 10.8 Å². The van der Waals surface area contributed by atoms with E-state index < -0.39 is 10.8 Å². The second-order valence-electron chi connectivity index (χ2n) is 18.3. The van der Waals surface area contributed by atoms with Gasteiger partial charge in [-0.3, -0.25) is 0 Å². The van der Waals surface area contributed by atoms with Gasteiger partial charge in [-0.2, -0.15) is 0 Å². The fourth-order valence-corrected chi connectivity index (χ4v) is 12.7. The Kier molecular flexibility index (Phi) is 8.28. The van der Waals surface area contributed by atoms with Gasteiger partial charge in [0.05, 0.1) is 16.9 Å². The highest BCUT2D eigenvalue weighted by atomic mass is 15.2. The lowest BCUT2D eigenvalue weighted by atomic mass is 9.50. The predicted molar refractivity (Wildman–Crippen MR) is 266 cm³/mol. The zero-order chi connectivity index (χ0) is 42.4. The molecule has 0 aliphatic heterocycles. The first-order valence-electron chi connectivity index (χ1n) is 23.0. The van der Waals surface area contributed by atoms with Crippen LogP contribution >= 0.6 is 0 Å². The van der Waals surface area contributed by atoms with Gasteiger partial charge in [-0.1, -0.05) is 213 Å². The molecular weight excluding hydrogens is 771 g/mol. The first-order valence-corrected chi connectivity index (χ1v) is 23.0. The van der Waals surface area contributed by atoms with Crippen molar-refractivity contribution in [1.82, 2.24) is 0 Å². The molecular formula is C63H47N. The van der Waals surface area contributed by atoms with Gasteiger partial charge in [0.25, 0.3) is 0 Å². The van der Waals surface area contributed by atoms with E-state index >= 15 is 0 Å². The number of para-hydroxylation sites is 1. The number of fused-ring (bicyclic) bond motifs is 11. The SMILES string of the molecule is CC1CC=CC=C1C12c3ccccc3-c3cccc(c31)C1(C3=C(C=CC(N(c4ccccc4)c4ccc(-c5ccc(-c6ccccc6)cc5)cc4)C3)c3ccccc31)c1ccccc12. The normalized spacial score (nSPS) is 21.7. The third-order valence-electron chi connectivity index (χ3n) is 15.2. The van der Waals surface area contributed by atoms with Crippen molar-refractivity contribution in [2.24, 2.45) is 5.92 Å². The molecule has 0 saturated carbocycles. The lowest BCUT2D eigenvalue weighted by molar-refractivity contribution is 0.533. The average Bonchev–Trinajstić information content (AvgIpc) is 3.83. The van der Waals surface area contributed by atoms with Crippen LogP contribution in [0.1, 0.15) is 58.7 Å². The molecule has 1 spiro atoms. The Morgan fingerprint density at radius 3 is 1.66 bits per heavy atom. The summed E-state index contributed by atoms with van der Waals surface area (Å²) in [5, 5.41) is 0. The molecule has 64 heavy (non-hydrogen) atoms. The van der Waals surface area contributed by atoms with E-state index in [1.165, 1.54) is 100 Å². The zero-order valence-corrected chi connectivity index (χ0v) is 36.0. The van der Waals surface area contributed by atoms with E-state index in [9.17, 15) is 0 Å². The summed E-state index contributed by atoms with van der Waals surface area (Å²) >= 11 is 0. The largest absolute Gasteiger partial charge is 0.334 e. The van der Waals surface area contributed by atoms with E-state index in [0.717, 1.165) is 12.8 Å². The molecule has 4 atom stereocenters. The summed E-state index contributed by atoms with van der Waals surface area (Å²) in [7, 11) is 0. The van der Waals surface area contributed by atoms with E-state index in [1.807, 2.05) is 0 Å². The number of hydrogen-bond acceptors (Lipinski definition) is 1. The molecule has 0 aromatic heterocycles. The molecule has 1 nitrogen and oxygen atoms in total. The fourth-order valence-electron chi connectivity index (χ4n) is 12.7. The van der Waals surface area contributed by atoms with E-state index in [0.29, 0.717) is 5.92 Å². The maximum atomic E-state index is 2.57. The molecule has 5 aliphatic carbocycles. The molecule has 0 fully saturated rings. The first kappa shape index (κ1) is 37.1. The highest BCUT2D eigenvalue weighted by Gasteiger charge is 2.61. The number of allylic oxidation sites excluding steroid dienone is 6. The quantitative estimate of drug-likeness (QED) is 0.162. The molecule has 0 saturated heterocycles. The Hall–Kier alpha value is -7.48. The van der Waals surface area contributed by atoms with E-state index in [1.54, 1.807) is 0 Å². The number of benzene rings is 8. The molecule has 8 aromatic rings. The second-order valence-corrected chi connectivity index (χ2v) is 18.3. The summed E-state index contributed by atoms with van der Waals surface area (Å²) < 4.78 is 0. The van der Waals surface area contributed by atoms with Crippen LogP contribution in [0.25, 0.3) is 39.0 Å². The van der Waals surface area contributed by atoms with Crippen LogP contribution in [0.2, 0.25) is 0 Å². The Balaban J connectivity index is 0.980. The summed E-state index contributed by atoms with van der Waals surface area (Å²) in [4.78, 5) is 2.57. The van der Waals surface area contributed by atoms with Crippen molar-refractivity contribution in [2.45, 2.75) is 36.6 Å². The minimum atomic E-state index is -0.477. The highest BCUT2D eigenvalue weighted by Crippen LogP contribution is 2.70. The topological polar surface area (TPSA) is 3.24 Å². The molecule has 0 N–H and O–H groups in total. The van der Waals surface area contributed by atoms with E-state index in [4.69, 9.17) is 0 Å². The van der Waals surface area contributed by atoms with Crippen molar-refractivity contribution in [3.8, 4) is 33.4 Å². The second kappa shape index (κ2) is 14.3. The fraction of sp³-hybridized carbons (Fsp3) is 0.111. The van der Waals surface area contributed by atoms with Crippen LogP contribution in [0, 0.1) is 5.92 Å².